The number of aromatic nitrogens is 2. The van der Waals surface area contributed by atoms with Gasteiger partial charge in [0.2, 0.25) is 0 Å². The summed E-state index contributed by atoms with van der Waals surface area (Å²) in [6, 6.07) is 14.2. The Kier molecular flexibility index (Phi) is 7.00. The van der Waals surface area contributed by atoms with Crippen LogP contribution in [0.3, 0.4) is 0 Å². The van der Waals surface area contributed by atoms with E-state index in [0.29, 0.717) is 17.1 Å². The average molecular weight is 502 g/mol. The minimum atomic E-state index is -0.562. The number of amides is 1. The van der Waals surface area contributed by atoms with Crippen LogP contribution in [0.5, 0.6) is 5.75 Å². The zero-order valence-corrected chi connectivity index (χ0v) is 19.4. The molecule has 0 atom stereocenters. The fraction of sp³-hybridized carbons (Fsp3) is 0.125. The summed E-state index contributed by atoms with van der Waals surface area (Å²) in [6.45, 7) is 1.61. The molecule has 0 aliphatic carbocycles. The summed E-state index contributed by atoms with van der Waals surface area (Å²) >= 11 is 12.2. The molecule has 1 amide bonds. The van der Waals surface area contributed by atoms with Crippen LogP contribution in [0.15, 0.2) is 65.2 Å². The van der Waals surface area contributed by atoms with Crippen molar-refractivity contribution in [2.24, 2.45) is 0 Å². The van der Waals surface area contributed by atoms with E-state index in [4.69, 9.17) is 32.4 Å². The number of hydrogen-bond donors (Lipinski definition) is 1. The largest absolute Gasteiger partial charge is 0.486 e. The van der Waals surface area contributed by atoms with Crippen molar-refractivity contribution < 1.29 is 23.1 Å². The van der Waals surface area contributed by atoms with E-state index >= 15 is 0 Å². The highest BCUT2D eigenvalue weighted by Crippen LogP contribution is 2.24. The summed E-state index contributed by atoms with van der Waals surface area (Å²) in [4.78, 5) is 23.9. The SMILES string of the molecule is CC(=O)c1ccc(OCc2ccc(C(=O)Nc3nn(Cc4c(F)cccc4Cl)cc3Cl)o2)cc1. The number of Topliss-reactive ketones (excluding diaryl/α,β-unsaturated/α-hetero) is 1. The Morgan fingerprint density at radius 2 is 1.85 bits per heavy atom. The number of benzene rings is 2. The van der Waals surface area contributed by atoms with Crippen molar-refractivity contribution in [3.63, 3.8) is 0 Å². The van der Waals surface area contributed by atoms with Gasteiger partial charge in [-0.3, -0.25) is 14.3 Å². The van der Waals surface area contributed by atoms with E-state index < -0.39 is 11.7 Å². The van der Waals surface area contributed by atoms with Gasteiger partial charge in [-0.15, -0.1) is 0 Å². The minimum Gasteiger partial charge on any atom is -0.486 e. The Hall–Kier alpha value is -3.62. The second-order valence-electron chi connectivity index (χ2n) is 7.31. The number of ether oxygens (including phenoxy) is 1. The zero-order chi connectivity index (χ0) is 24.2. The van der Waals surface area contributed by atoms with Crippen LogP contribution >= 0.6 is 23.2 Å². The maximum Gasteiger partial charge on any atom is 0.292 e. The molecule has 0 bridgehead atoms. The molecule has 2 heterocycles. The first-order valence-corrected chi connectivity index (χ1v) is 10.9. The summed E-state index contributed by atoms with van der Waals surface area (Å²) in [5.41, 5.74) is 0.843. The van der Waals surface area contributed by atoms with Gasteiger partial charge in [0, 0.05) is 22.3 Å². The lowest BCUT2D eigenvalue weighted by Crippen LogP contribution is -2.12. The first-order chi connectivity index (χ1) is 16.3. The lowest BCUT2D eigenvalue weighted by atomic mass is 10.1. The van der Waals surface area contributed by atoms with Gasteiger partial charge in [-0.25, -0.2) is 4.39 Å². The Morgan fingerprint density at radius 3 is 2.56 bits per heavy atom. The smallest absolute Gasteiger partial charge is 0.292 e. The Morgan fingerprint density at radius 1 is 1.09 bits per heavy atom. The van der Waals surface area contributed by atoms with Crippen molar-refractivity contribution in [1.82, 2.24) is 9.78 Å². The average Bonchev–Trinajstić information content (AvgIpc) is 3.42. The molecule has 1 N–H and O–H groups in total. The molecular formula is C24H18Cl2FN3O4. The van der Waals surface area contributed by atoms with Crippen LogP contribution in [-0.4, -0.2) is 21.5 Å². The molecule has 4 aromatic rings. The van der Waals surface area contributed by atoms with Gasteiger partial charge in [0.05, 0.1) is 6.54 Å². The van der Waals surface area contributed by atoms with E-state index in [9.17, 15) is 14.0 Å². The number of carbonyl (C=O) groups excluding carboxylic acids is 2. The highest BCUT2D eigenvalue weighted by molar-refractivity contribution is 6.33. The van der Waals surface area contributed by atoms with E-state index in [1.807, 2.05) is 0 Å². The Balaban J connectivity index is 1.37. The van der Waals surface area contributed by atoms with Crippen LogP contribution in [-0.2, 0) is 13.2 Å². The van der Waals surface area contributed by atoms with Crippen LogP contribution in [0.25, 0.3) is 0 Å². The molecule has 34 heavy (non-hydrogen) atoms. The third-order valence-corrected chi connectivity index (χ3v) is 5.49. The number of furan rings is 1. The number of rotatable bonds is 8. The molecule has 2 aromatic heterocycles. The van der Waals surface area contributed by atoms with E-state index in [2.05, 4.69) is 10.4 Å². The normalized spacial score (nSPS) is 10.8. The number of anilines is 1. The molecular weight excluding hydrogens is 484 g/mol. The predicted molar refractivity (Wildman–Crippen MR) is 125 cm³/mol. The van der Waals surface area contributed by atoms with Crippen molar-refractivity contribution in [1.29, 1.82) is 0 Å². The molecule has 0 aliphatic heterocycles. The van der Waals surface area contributed by atoms with E-state index in [1.54, 1.807) is 36.4 Å². The maximum absolute atomic E-state index is 14.0. The number of nitrogens with zero attached hydrogens (tertiary/aromatic N) is 2. The van der Waals surface area contributed by atoms with Gasteiger partial charge < -0.3 is 14.5 Å². The Labute approximate surface area is 204 Å². The van der Waals surface area contributed by atoms with Gasteiger partial charge in [-0.2, -0.15) is 5.10 Å². The van der Waals surface area contributed by atoms with Gasteiger partial charge in [-0.1, -0.05) is 29.3 Å². The molecule has 4 rings (SSSR count). The van der Waals surface area contributed by atoms with Crippen molar-refractivity contribution in [2.75, 3.05) is 5.32 Å². The topological polar surface area (TPSA) is 86.4 Å². The van der Waals surface area contributed by atoms with Crippen LogP contribution in [0, 0.1) is 5.82 Å². The molecule has 0 radical (unpaired) electrons. The number of ketones is 1. The third kappa shape index (κ3) is 5.47. The van der Waals surface area contributed by atoms with Crippen molar-refractivity contribution in [3.8, 4) is 5.75 Å². The zero-order valence-electron chi connectivity index (χ0n) is 17.8. The second-order valence-corrected chi connectivity index (χ2v) is 8.13. The van der Waals surface area contributed by atoms with Crippen LogP contribution < -0.4 is 10.1 Å². The maximum atomic E-state index is 14.0. The van der Waals surface area contributed by atoms with Gasteiger partial charge in [-0.05, 0) is 55.5 Å². The fourth-order valence-corrected chi connectivity index (χ4v) is 3.52. The lowest BCUT2D eigenvalue weighted by molar-refractivity contribution is 0.0990. The van der Waals surface area contributed by atoms with Crippen molar-refractivity contribution in [3.05, 3.63) is 99.3 Å². The summed E-state index contributed by atoms with van der Waals surface area (Å²) in [5.74, 6) is 0.0469. The first kappa shape index (κ1) is 23.5. The number of nitrogens with one attached hydrogen (secondary N) is 1. The van der Waals surface area contributed by atoms with Gasteiger partial charge in [0.25, 0.3) is 5.91 Å². The molecule has 7 nitrogen and oxygen atoms in total. The van der Waals surface area contributed by atoms with E-state index in [0.717, 1.165) is 0 Å². The molecule has 0 unspecified atom stereocenters. The molecule has 174 valence electrons. The highest BCUT2D eigenvalue weighted by Gasteiger charge is 2.17. The predicted octanol–water partition coefficient (Wildman–Crippen LogP) is 6.00. The number of halogens is 3. The molecule has 2 aromatic carbocycles. The summed E-state index contributed by atoms with van der Waals surface area (Å²) in [5, 5.41) is 7.19. The highest BCUT2D eigenvalue weighted by atomic mass is 35.5. The monoisotopic (exact) mass is 501 g/mol. The fourth-order valence-electron chi connectivity index (χ4n) is 3.10. The quantitative estimate of drug-likeness (QED) is 0.299. The van der Waals surface area contributed by atoms with Crippen molar-refractivity contribution in [2.45, 2.75) is 20.1 Å². The summed E-state index contributed by atoms with van der Waals surface area (Å²) in [6.07, 6.45) is 1.46. The van der Waals surface area contributed by atoms with Gasteiger partial charge in [0.15, 0.2) is 17.4 Å². The second kappa shape index (κ2) is 10.1. The summed E-state index contributed by atoms with van der Waals surface area (Å²) in [7, 11) is 0. The standard InChI is InChI=1S/C24H18Cl2FN3O4/c1-14(31)15-5-7-16(8-6-15)33-13-17-9-10-22(34-17)24(32)28-23-20(26)12-30(29-23)11-18-19(25)3-2-4-21(18)27/h2-10,12H,11,13H2,1H3,(H,28,29,32). The molecule has 10 heteroatoms. The molecule has 0 spiro atoms. The number of hydrogen-bond acceptors (Lipinski definition) is 5. The van der Waals surface area contributed by atoms with E-state index in [-0.39, 0.29) is 46.1 Å². The van der Waals surface area contributed by atoms with Crippen LogP contribution in [0.2, 0.25) is 10.0 Å². The number of carbonyl (C=O) groups is 2. The van der Waals surface area contributed by atoms with Crippen molar-refractivity contribution >= 4 is 40.7 Å². The van der Waals surface area contributed by atoms with E-state index in [1.165, 1.54) is 36.0 Å². The van der Waals surface area contributed by atoms with Gasteiger partial charge in [0.1, 0.15) is 29.0 Å². The van der Waals surface area contributed by atoms with Crippen LogP contribution in [0.1, 0.15) is 39.2 Å². The van der Waals surface area contributed by atoms with Crippen LogP contribution in [0.4, 0.5) is 10.2 Å². The third-order valence-electron chi connectivity index (χ3n) is 4.86. The molecule has 0 saturated carbocycles. The molecule has 0 saturated heterocycles. The lowest BCUT2D eigenvalue weighted by Gasteiger charge is -2.06. The summed E-state index contributed by atoms with van der Waals surface area (Å²) < 4.78 is 26.6. The molecule has 0 fully saturated rings. The molecule has 0 aliphatic rings. The first-order valence-electron chi connectivity index (χ1n) is 10.1. The van der Waals surface area contributed by atoms with Gasteiger partial charge >= 0.3 is 0 Å². The minimum absolute atomic E-state index is 0.0331. The Bertz CT molecular complexity index is 1330.